The smallest absolute Gasteiger partial charge is 0.264 e. The van der Waals surface area contributed by atoms with Crippen LogP contribution in [0.15, 0.2) is 71.6 Å². The summed E-state index contributed by atoms with van der Waals surface area (Å²) >= 11 is 0. The molecular weight excluding hydrogens is 410 g/mol. The molecule has 0 fully saturated rings. The van der Waals surface area contributed by atoms with Crippen LogP contribution >= 0.6 is 0 Å². The van der Waals surface area contributed by atoms with Crippen molar-refractivity contribution in [1.82, 2.24) is 0 Å². The number of amides is 1. The Balaban J connectivity index is 1.96. The van der Waals surface area contributed by atoms with Gasteiger partial charge in [0.15, 0.2) is 0 Å². The molecule has 3 aromatic rings. The Hall–Kier alpha value is -3.26. The third-order valence-corrected chi connectivity index (χ3v) is 6.23. The second-order valence-electron chi connectivity index (χ2n) is 6.81. The molecule has 3 rings (SSSR count). The highest BCUT2D eigenvalue weighted by Gasteiger charge is 2.27. The largest absolute Gasteiger partial charge is 0.320 e. The van der Waals surface area contributed by atoms with E-state index in [4.69, 9.17) is 0 Å². The highest BCUT2D eigenvalue weighted by molar-refractivity contribution is 7.92. The van der Waals surface area contributed by atoms with E-state index >= 15 is 0 Å². The van der Waals surface area contributed by atoms with Crippen LogP contribution in [0.4, 0.5) is 20.2 Å². The van der Waals surface area contributed by atoms with Gasteiger partial charge in [0.05, 0.1) is 10.6 Å². The van der Waals surface area contributed by atoms with Crippen molar-refractivity contribution in [2.45, 2.75) is 18.7 Å². The molecular formula is C22H20F2N2O3S. The van der Waals surface area contributed by atoms with Gasteiger partial charge in [-0.1, -0.05) is 41.5 Å². The van der Waals surface area contributed by atoms with Crippen molar-refractivity contribution < 1.29 is 22.0 Å². The standard InChI is InChI=1S/C22H20F2N2O3S/c1-15-6-10-17(11-7-15)26(30(28,29)18-12-8-16(2)9-13-18)14-21(27)25-22-19(23)4-3-5-20(22)24/h3-13H,14H2,1-2H3,(H,25,27). The fraction of sp³-hybridized carbons (Fsp3) is 0.136. The summed E-state index contributed by atoms with van der Waals surface area (Å²) < 4.78 is 55.1. The van der Waals surface area contributed by atoms with Gasteiger partial charge in [-0.25, -0.2) is 17.2 Å². The van der Waals surface area contributed by atoms with E-state index in [1.807, 2.05) is 13.8 Å². The number of hydrogen-bond acceptors (Lipinski definition) is 3. The topological polar surface area (TPSA) is 66.5 Å². The number of para-hydroxylation sites is 1. The molecule has 0 saturated heterocycles. The minimum atomic E-state index is -4.11. The number of nitrogens with zero attached hydrogens (tertiary/aromatic N) is 1. The first-order valence-electron chi connectivity index (χ1n) is 9.08. The van der Waals surface area contributed by atoms with Crippen molar-refractivity contribution >= 4 is 27.3 Å². The van der Waals surface area contributed by atoms with Gasteiger partial charge < -0.3 is 5.32 Å². The fourth-order valence-electron chi connectivity index (χ4n) is 2.79. The number of aryl methyl sites for hydroxylation is 2. The molecule has 1 amide bonds. The van der Waals surface area contributed by atoms with Crippen molar-refractivity contribution in [3.8, 4) is 0 Å². The van der Waals surface area contributed by atoms with E-state index < -0.39 is 39.8 Å². The number of sulfonamides is 1. The van der Waals surface area contributed by atoms with E-state index in [2.05, 4.69) is 5.32 Å². The molecule has 0 atom stereocenters. The Morgan fingerprint density at radius 1 is 0.867 bits per heavy atom. The Kier molecular flexibility index (Phi) is 6.17. The van der Waals surface area contributed by atoms with Crippen molar-refractivity contribution in [1.29, 1.82) is 0 Å². The van der Waals surface area contributed by atoms with Crippen LogP contribution in [-0.2, 0) is 14.8 Å². The van der Waals surface area contributed by atoms with Gasteiger partial charge >= 0.3 is 0 Å². The molecule has 1 N–H and O–H groups in total. The van der Waals surface area contributed by atoms with E-state index in [-0.39, 0.29) is 10.6 Å². The van der Waals surface area contributed by atoms with Crippen LogP contribution in [0.1, 0.15) is 11.1 Å². The Morgan fingerprint density at radius 2 is 1.37 bits per heavy atom. The maximum absolute atomic E-state index is 13.9. The first-order valence-corrected chi connectivity index (χ1v) is 10.5. The van der Waals surface area contributed by atoms with Gasteiger partial charge in [-0.15, -0.1) is 0 Å². The number of halogens is 2. The minimum absolute atomic E-state index is 0.00135. The van der Waals surface area contributed by atoms with E-state index in [9.17, 15) is 22.0 Å². The molecule has 0 unspecified atom stereocenters. The summed E-state index contributed by atoms with van der Waals surface area (Å²) in [5.74, 6) is -2.78. The van der Waals surface area contributed by atoms with Gasteiger partial charge in [-0.3, -0.25) is 9.10 Å². The molecule has 0 spiro atoms. The zero-order chi connectivity index (χ0) is 21.9. The monoisotopic (exact) mass is 430 g/mol. The zero-order valence-corrected chi connectivity index (χ0v) is 17.2. The number of carbonyl (C=O) groups excluding carboxylic acids is 1. The second-order valence-corrected chi connectivity index (χ2v) is 8.67. The lowest BCUT2D eigenvalue weighted by Crippen LogP contribution is -2.38. The third-order valence-electron chi connectivity index (χ3n) is 4.45. The summed E-state index contributed by atoms with van der Waals surface area (Å²) in [6.45, 7) is 3.01. The molecule has 0 aromatic heterocycles. The van der Waals surface area contributed by atoms with Crippen molar-refractivity contribution in [2.75, 3.05) is 16.2 Å². The normalized spacial score (nSPS) is 11.2. The lowest BCUT2D eigenvalue weighted by molar-refractivity contribution is -0.114. The van der Waals surface area contributed by atoms with Crippen molar-refractivity contribution in [3.63, 3.8) is 0 Å². The maximum atomic E-state index is 13.9. The fourth-order valence-corrected chi connectivity index (χ4v) is 4.21. The summed E-state index contributed by atoms with van der Waals surface area (Å²) in [5, 5.41) is 2.13. The number of anilines is 2. The Labute approximate surface area is 174 Å². The molecule has 0 aliphatic carbocycles. The van der Waals surface area contributed by atoms with Crippen LogP contribution in [0.2, 0.25) is 0 Å². The molecule has 0 saturated carbocycles. The van der Waals surface area contributed by atoms with Crippen molar-refractivity contribution in [2.24, 2.45) is 0 Å². The lowest BCUT2D eigenvalue weighted by Gasteiger charge is -2.24. The number of rotatable bonds is 6. The molecule has 0 heterocycles. The van der Waals surface area contributed by atoms with E-state index in [0.717, 1.165) is 27.6 Å². The highest BCUT2D eigenvalue weighted by atomic mass is 32.2. The average molecular weight is 430 g/mol. The zero-order valence-electron chi connectivity index (χ0n) is 16.4. The van der Waals surface area contributed by atoms with E-state index in [1.54, 1.807) is 36.4 Å². The molecule has 0 bridgehead atoms. The summed E-state index contributed by atoms with van der Waals surface area (Å²) in [4.78, 5) is 12.5. The minimum Gasteiger partial charge on any atom is -0.320 e. The van der Waals surface area contributed by atoms with Crippen LogP contribution in [0, 0.1) is 25.5 Å². The number of hydrogen-bond donors (Lipinski definition) is 1. The molecule has 30 heavy (non-hydrogen) atoms. The first kappa shape index (κ1) is 21.4. The van der Waals surface area contributed by atoms with E-state index in [0.29, 0.717) is 0 Å². The molecule has 156 valence electrons. The van der Waals surface area contributed by atoms with Gasteiger partial charge in [-0.05, 0) is 50.2 Å². The quantitative estimate of drug-likeness (QED) is 0.630. The SMILES string of the molecule is Cc1ccc(N(CC(=O)Nc2c(F)cccc2F)S(=O)(=O)c2ccc(C)cc2)cc1. The molecule has 0 aliphatic rings. The van der Waals surface area contributed by atoms with Crippen LogP contribution in [0.25, 0.3) is 0 Å². The maximum Gasteiger partial charge on any atom is 0.264 e. The number of nitrogens with one attached hydrogen (secondary N) is 1. The molecule has 8 heteroatoms. The first-order chi connectivity index (χ1) is 14.2. The Morgan fingerprint density at radius 3 is 1.90 bits per heavy atom. The van der Waals surface area contributed by atoms with Gasteiger partial charge in [0.1, 0.15) is 23.9 Å². The molecule has 5 nitrogen and oxygen atoms in total. The van der Waals surface area contributed by atoms with Gasteiger partial charge in [0, 0.05) is 0 Å². The summed E-state index contributed by atoms with van der Waals surface area (Å²) in [6.07, 6.45) is 0. The Bertz CT molecular complexity index is 1140. The molecule has 3 aromatic carbocycles. The predicted molar refractivity (Wildman–Crippen MR) is 112 cm³/mol. The van der Waals surface area contributed by atoms with Crippen LogP contribution in [0.5, 0.6) is 0 Å². The molecule has 0 radical (unpaired) electrons. The number of carbonyl (C=O) groups is 1. The van der Waals surface area contributed by atoms with Gasteiger partial charge in [0.25, 0.3) is 10.0 Å². The summed E-state index contributed by atoms with van der Waals surface area (Å²) in [5.41, 5.74) is 1.41. The predicted octanol–water partition coefficient (Wildman–Crippen LogP) is 4.42. The van der Waals surface area contributed by atoms with Crippen LogP contribution in [0.3, 0.4) is 0 Å². The second kappa shape index (κ2) is 8.62. The van der Waals surface area contributed by atoms with Gasteiger partial charge in [-0.2, -0.15) is 0 Å². The average Bonchev–Trinajstić information content (AvgIpc) is 2.70. The van der Waals surface area contributed by atoms with Crippen molar-refractivity contribution in [3.05, 3.63) is 89.5 Å². The third kappa shape index (κ3) is 4.65. The molecule has 0 aliphatic heterocycles. The summed E-state index contributed by atoms with van der Waals surface area (Å²) in [7, 11) is -4.11. The summed E-state index contributed by atoms with van der Waals surface area (Å²) in [6, 6.07) is 15.9. The van der Waals surface area contributed by atoms with E-state index in [1.165, 1.54) is 18.2 Å². The highest BCUT2D eigenvalue weighted by Crippen LogP contribution is 2.25. The number of benzene rings is 3. The van der Waals surface area contributed by atoms with Crippen LogP contribution < -0.4 is 9.62 Å². The van der Waals surface area contributed by atoms with Gasteiger partial charge in [0.2, 0.25) is 5.91 Å². The lowest BCUT2D eigenvalue weighted by atomic mass is 10.2. The van der Waals surface area contributed by atoms with Crippen LogP contribution in [-0.4, -0.2) is 20.9 Å².